The molecule has 2 N–H and O–H groups in total. The van der Waals surface area contributed by atoms with Gasteiger partial charge in [0.25, 0.3) is 0 Å². The molecular weight excluding hydrogens is 386 g/mol. The molecule has 0 aliphatic heterocycles. The molecule has 0 saturated heterocycles. The van der Waals surface area contributed by atoms with Crippen LogP contribution in [-0.4, -0.2) is 29.8 Å². The predicted molar refractivity (Wildman–Crippen MR) is 95.4 cm³/mol. The number of hydrogen-bond donors (Lipinski definition) is 2. The molecule has 0 aliphatic carbocycles. The highest BCUT2D eigenvalue weighted by molar-refractivity contribution is 9.10. The van der Waals surface area contributed by atoms with E-state index in [-0.39, 0.29) is 6.61 Å². The maximum Gasteiger partial charge on any atom is 0.144 e. The topological polar surface area (TPSA) is 88.8 Å². The van der Waals surface area contributed by atoms with Gasteiger partial charge < -0.3 is 14.4 Å². The minimum atomic E-state index is -0.176. The molecular formula is C17H14BrN5O2. The van der Waals surface area contributed by atoms with Gasteiger partial charge in [-0.15, -0.1) is 0 Å². The van der Waals surface area contributed by atoms with Crippen molar-refractivity contribution in [2.45, 2.75) is 13.2 Å². The highest BCUT2D eigenvalue weighted by Gasteiger charge is 2.15. The third kappa shape index (κ3) is 3.13. The monoisotopic (exact) mass is 399 g/mol. The lowest BCUT2D eigenvalue weighted by Gasteiger charge is -2.09. The van der Waals surface area contributed by atoms with Crippen molar-refractivity contribution in [1.82, 2.24) is 24.7 Å². The molecule has 0 radical (unpaired) electrons. The number of aromatic amines is 1. The Hall–Kier alpha value is -2.71. The highest BCUT2D eigenvalue weighted by atomic mass is 79.9. The van der Waals surface area contributed by atoms with Crippen molar-refractivity contribution in [3.05, 3.63) is 64.9 Å². The van der Waals surface area contributed by atoms with E-state index < -0.39 is 0 Å². The zero-order valence-corrected chi connectivity index (χ0v) is 14.6. The van der Waals surface area contributed by atoms with Gasteiger partial charge in [-0.1, -0.05) is 18.2 Å². The lowest BCUT2D eigenvalue weighted by molar-refractivity contribution is 0.266. The number of aliphatic hydroxyl groups excluding tert-OH is 1. The van der Waals surface area contributed by atoms with E-state index in [4.69, 9.17) is 4.74 Å². The molecule has 0 saturated carbocycles. The lowest BCUT2D eigenvalue weighted by Crippen LogP contribution is -2.06. The van der Waals surface area contributed by atoms with Gasteiger partial charge in [-0.25, -0.2) is 9.97 Å². The van der Waals surface area contributed by atoms with Crippen molar-refractivity contribution in [3.8, 4) is 11.5 Å². The Morgan fingerprint density at radius 2 is 2.00 bits per heavy atom. The molecule has 126 valence electrons. The Morgan fingerprint density at radius 1 is 1.16 bits per heavy atom. The fourth-order valence-electron chi connectivity index (χ4n) is 2.64. The van der Waals surface area contributed by atoms with E-state index >= 15 is 0 Å². The van der Waals surface area contributed by atoms with Crippen molar-refractivity contribution < 1.29 is 9.84 Å². The average molecular weight is 400 g/mol. The van der Waals surface area contributed by atoms with Gasteiger partial charge in [-0.2, -0.15) is 5.10 Å². The molecule has 0 aliphatic rings. The summed E-state index contributed by atoms with van der Waals surface area (Å²) in [6.07, 6.45) is 1.45. The van der Waals surface area contributed by atoms with Gasteiger partial charge in [0.2, 0.25) is 0 Å². The molecule has 8 heteroatoms. The van der Waals surface area contributed by atoms with Crippen LogP contribution in [0.2, 0.25) is 0 Å². The molecule has 0 fully saturated rings. The van der Waals surface area contributed by atoms with Gasteiger partial charge in [0.05, 0.1) is 12.1 Å². The van der Waals surface area contributed by atoms with E-state index in [9.17, 15) is 5.11 Å². The van der Waals surface area contributed by atoms with Crippen LogP contribution >= 0.6 is 15.9 Å². The second-order valence-electron chi connectivity index (χ2n) is 5.39. The number of halogens is 1. The highest BCUT2D eigenvalue weighted by Crippen LogP contribution is 2.32. The Bertz CT molecular complexity index is 999. The van der Waals surface area contributed by atoms with Crippen molar-refractivity contribution in [2.75, 3.05) is 0 Å². The van der Waals surface area contributed by atoms with Crippen LogP contribution in [-0.2, 0) is 13.2 Å². The second-order valence-corrected chi connectivity index (χ2v) is 6.25. The molecule has 0 amide bonds. The Kier molecular flexibility index (Phi) is 4.21. The number of aliphatic hydroxyl groups is 1. The third-order valence-electron chi connectivity index (χ3n) is 3.75. The fraction of sp³-hybridized carbons (Fsp3) is 0.118. The summed E-state index contributed by atoms with van der Waals surface area (Å²) in [6.45, 7) is 0.248. The van der Waals surface area contributed by atoms with E-state index in [1.807, 2.05) is 47.0 Å². The van der Waals surface area contributed by atoms with E-state index in [0.717, 1.165) is 21.3 Å². The Labute approximate surface area is 151 Å². The number of nitrogens with zero attached hydrogens (tertiary/aromatic N) is 4. The molecule has 0 atom stereocenters. The molecule has 0 unspecified atom stereocenters. The van der Waals surface area contributed by atoms with Crippen LogP contribution < -0.4 is 4.74 Å². The smallest absolute Gasteiger partial charge is 0.144 e. The quantitative estimate of drug-likeness (QED) is 0.537. The maximum absolute atomic E-state index is 9.67. The minimum Gasteiger partial charge on any atom is -0.457 e. The molecule has 2 aromatic carbocycles. The van der Waals surface area contributed by atoms with Crippen LogP contribution in [0.3, 0.4) is 0 Å². The van der Waals surface area contributed by atoms with Crippen molar-refractivity contribution in [3.63, 3.8) is 0 Å². The van der Waals surface area contributed by atoms with Crippen LogP contribution in [0.5, 0.6) is 11.5 Å². The number of fused-ring (bicyclic) bond motifs is 1. The lowest BCUT2D eigenvalue weighted by atomic mass is 10.3. The number of benzene rings is 2. The molecule has 2 aromatic heterocycles. The zero-order chi connectivity index (χ0) is 17.2. The molecule has 25 heavy (non-hydrogen) atoms. The summed E-state index contributed by atoms with van der Waals surface area (Å²) in [5.41, 5.74) is 1.59. The van der Waals surface area contributed by atoms with Crippen LogP contribution in [0.15, 0.2) is 53.3 Å². The SMILES string of the molecule is OCc1nc2c(Br)cc(Oc3ccccc3)cc2n1Cc1ncn[nH]1. The summed E-state index contributed by atoms with van der Waals surface area (Å²) >= 11 is 3.54. The van der Waals surface area contributed by atoms with Crippen molar-refractivity contribution in [1.29, 1.82) is 0 Å². The maximum atomic E-state index is 9.67. The molecule has 2 heterocycles. The normalized spacial score (nSPS) is 11.1. The fourth-order valence-corrected chi connectivity index (χ4v) is 3.16. The van der Waals surface area contributed by atoms with Crippen molar-refractivity contribution in [2.24, 2.45) is 0 Å². The van der Waals surface area contributed by atoms with Crippen molar-refractivity contribution >= 4 is 27.0 Å². The first-order valence-electron chi connectivity index (χ1n) is 7.61. The van der Waals surface area contributed by atoms with Gasteiger partial charge in [-0.05, 0) is 34.1 Å². The summed E-state index contributed by atoms with van der Waals surface area (Å²) in [5, 5.41) is 16.4. The summed E-state index contributed by atoms with van der Waals surface area (Å²) < 4.78 is 8.61. The summed E-state index contributed by atoms with van der Waals surface area (Å²) in [4.78, 5) is 8.65. The van der Waals surface area contributed by atoms with E-state index in [0.29, 0.717) is 23.9 Å². The number of ether oxygens (including phenoxy) is 1. The minimum absolute atomic E-state index is 0.176. The summed E-state index contributed by atoms with van der Waals surface area (Å²) in [7, 11) is 0. The summed E-state index contributed by atoms with van der Waals surface area (Å²) in [5.74, 6) is 2.65. The largest absolute Gasteiger partial charge is 0.457 e. The number of imidazole rings is 1. The Morgan fingerprint density at radius 3 is 2.72 bits per heavy atom. The van der Waals surface area contributed by atoms with E-state index in [1.54, 1.807) is 0 Å². The zero-order valence-electron chi connectivity index (χ0n) is 13.1. The molecule has 0 bridgehead atoms. The number of H-pyrrole nitrogens is 1. The first kappa shape index (κ1) is 15.8. The number of para-hydroxylation sites is 1. The first-order chi connectivity index (χ1) is 12.2. The number of nitrogens with one attached hydrogen (secondary N) is 1. The van der Waals surface area contributed by atoms with Crippen LogP contribution in [0, 0.1) is 0 Å². The Balaban J connectivity index is 1.80. The van der Waals surface area contributed by atoms with Crippen LogP contribution in [0.4, 0.5) is 0 Å². The van der Waals surface area contributed by atoms with Gasteiger partial charge >= 0.3 is 0 Å². The van der Waals surface area contributed by atoms with Crippen LogP contribution in [0.25, 0.3) is 11.0 Å². The molecule has 0 spiro atoms. The second kappa shape index (κ2) is 6.66. The van der Waals surface area contributed by atoms with Gasteiger partial charge in [0.15, 0.2) is 0 Å². The third-order valence-corrected chi connectivity index (χ3v) is 4.36. The number of rotatable bonds is 5. The molecule has 7 nitrogen and oxygen atoms in total. The van der Waals surface area contributed by atoms with Crippen LogP contribution in [0.1, 0.15) is 11.6 Å². The number of hydrogen-bond acceptors (Lipinski definition) is 5. The standard InChI is InChI=1S/C17H14BrN5O2/c18-13-6-12(25-11-4-2-1-3-5-11)7-14-17(13)21-16(9-24)23(14)8-15-19-10-20-22-15/h1-7,10,24H,8-9H2,(H,19,20,22). The van der Waals surface area contributed by atoms with E-state index in [1.165, 1.54) is 6.33 Å². The van der Waals surface area contributed by atoms with E-state index in [2.05, 4.69) is 36.1 Å². The number of aromatic nitrogens is 5. The first-order valence-corrected chi connectivity index (χ1v) is 8.40. The molecule has 4 rings (SSSR count). The van der Waals surface area contributed by atoms with Gasteiger partial charge in [0, 0.05) is 10.5 Å². The van der Waals surface area contributed by atoms with Gasteiger partial charge in [-0.3, -0.25) is 5.10 Å². The predicted octanol–water partition coefficient (Wildman–Crippen LogP) is 3.25. The van der Waals surface area contributed by atoms with Gasteiger partial charge in [0.1, 0.15) is 41.6 Å². The molecule has 4 aromatic rings. The average Bonchev–Trinajstić information content (AvgIpc) is 3.25. The summed E-state index contributed by atoms with van der Waals surface area (Å²) in [6, 6.07) is 13.3.